The van der Waals surface area contributed by atoms with Crippen LogP contribution < -0.4 is 4.74 Å². The van der Waals surface area contributed by atoms with Crippen LogP contribution in [0, 0.1) is 17.0 Å². The molecule has 0 fully saturated rings. The molecule has 0 radical (unpaired) electrons. The van der Waals surface area contributed by atoms with Crippen LogP contribution in [0.25, 0.3) is 0 Å². The van der Waals surface area contributed by atoms with Crippen molar-refractivity contribution in [3.8, 4) is 11.6 Å². The summed E-state index contributed by atoms with van der Waals surface area (Å²) in [6, 6.07) is 5.49. The number of rotatable bonds is 4. The number of carboxylic acids is 1. The standard InChI is InChI=1S/C12H11N3O5/c1-7-10(12(16)17)11(14(2)13-7)20-9-5-3-4-8(6-9)15(18)19/h3-6H,1-2H3,(H,16,17). The molecule has 1 aromatic heterocycles. The lowest BCUT2D eigenvalue weighted by atomic mass is 10.2. The van der Waals surface area contributed by atoms with Crippen LogP contribution in [-0.4, -0.2) is 25.8 Å². The molecule has 1 aromatic carbocycles. The smallest absolute Gasteiger partial charge is 0.343 e. The van der Waals surface area contributed by atoms with Crippen molar-refractivity contribution in [1.29, 1.82) is 0 Å². The van der Waals surface area contributed by atoms with Crippen LogP contribution in [0.4, 0.5) is 5.69 Å². The first kappa shape index (κ1) is 13.5. The third kappa shape index (κ3) is 2.44. The molecule has 20 heavy (non-hydrogen) atoms. The molecule has 0 unspecified atom stereocenters. The number of carbonyl (C=O) groups is 1. The lowest BCUT2D eigenvalue weighted by molar-refractivity contribution is -0.384. The van der Waals surface area contributed by atoms with Gasteiger partial charge in [0.05, 0.1) is 16.7 Å². The van der Waals surface area contributed by atoms with Crippen molar-refractivity contribution in [3.63, 3.8) is 0 Å². The van der Waals surface area contributed by atoms with Gasteiger partial charge in [-0.15, -0.1) is 0 Å². The van der Waals surface area contributed by atoms with Crippen LogP contribution in [0.3, 0.4) is 0 Å². The number of nitrogens with zero attached hydrogens (tertiary/aromatic N) is 3. The number of nitro benzene ring substituents is 1. The second-order valence-electron chi connectivity index (χ2n) is 4.05. The van der Waals surface area contributed by atoms with Crippen molar-refractivity contribution < 1.29 is 19.6 Å². The molecule has 0 aliphatic rings. The number of nitro groups is 1. The van der Waals surface area contributed by atoms with Crippen LogP contribution in [0.15, 0.2) is 24.3 Å². The van der Waals surface area contributed by atoms with Crippen LogP contribution in [-0.2, 0) is 7.05 Å². The number of aromatic carboxylic acids is 1. The van der Waals surface area contributed by atoms with Gasteiger partial charge >= 0.3 is 5.97 Å². The van der Waals surface area contributed by atoms with Gasteiger partial charge in [-0.2, -0.15) is 5.10 Å². The second-order valence-corrected chi connectivity index (χ2v) is 4.05. The third-order valence-electron chi connectivity index (χ3n) is 2.63. The van der Waals surface area contributed by atoms with E-state index < -0.39 is 10.9 Å². The summed E-state index contributed by atoms with van der Waals surface area (Å²) in [7, 11) is 1.53. The van der Waals surface area contributed by atoms with Gasteiger partial charge in [0, 0.05) is 13.1 Å². The summed E-state index contributed by atoms with van der Waals surface area (Å²) in [4.78, 5) is 21.3. The van der Waals surface area contributed by atoms with Crippen molar-refractivity contribution in [3.05, 3.63) is 45.6 Å². The Morgan fingerprint density at radius 1 is 1.50 bits per heavy atom. The number of non-ortho nitro benzene ring substituents is 1. The van der Waals surface area contributed by atoms with Crippen LogP contribution in [0.1, 0.15) is 16.1 Å². The highest BCUT2D eigenvalue weighted by Gasteiger charge is 2.22. The van der Waals surface area contributed by atoms with Crippen molar-refractivity contribution in [1.82, 2.24) is 9.78 Å². The van der Waals surface area contributed by atoms with Crippen molar-refractivity contribution in [2.75, 3.05) is 0 Å². The number of hydrogen-bond donors (Lipinski definition) is 1. The second kappa shape index (κ2) is 5.00. The van der Waals surface area contributed by atoms with Gasteiger partial charge in [0.2, 0.25) is 5.88 Å². The summed E-state index contributed by atoms with van der Waals surface area (Å²) < 4.78 is 6.70. The van der Waals surface area contributed by atoms with E-state index in [-0.39, 0.29) is 22.9 Å². The van der Waals surface area contributed by atoms with Crippen molar-refractivity contribution in [2.24, 2.45) is 7.05 Å². The van der Waals surface area contributed by atoms with Crippen molar-refractivity contribution in [2.45, 2.75) is 6.92 Å². The molecule has 2 aromatic rings. The molecule has 0 amide bonds. The summed E-state index contributed by atoms with van der Waals surface area (Å²) in [5.41, 5.74) is 0.0951. The highest BCUT2D eigenvalue weighted by atomic mass is 16.6. The Kier molecular flexibility index (Phi) is 3.38. The zero-order valence-corrected chi connectivity index (χ0v) is 10.7. The summed E-state index contributed by atoms with van der Waals surface area (Å²) in [5.74, 6) is -0.976. The van der Waals surface area contributed by atoms with Gasteiger partial charge in [0.25, 0.3) is 5.69 Å². The van der Waals surface area contributed by atoms with E-state index in [9.17, 15) is 14.9 Å². The van der Waals surface area contributed by atoms with E-state index in [1.54, 1.807) is 6.92 Å². The van der Waals surface area contributed by atoms with Gasteiger partial charge in [0.1, 0.15) is 11.3 Å². The third-order valence-corrected chi connectivity index (χ3v) is 2.63. The van der Waals surface area contributed by atoms with Gasteiger partial charge in [0.15, 0.2) is 0 Å². The predicted octanol–water partition coefficient (Wildman–Crippen LogP) is 2.13. The molecule has 0 aliphatic heterocycles. The maximum Gasteiger partial charge on any atom is 0.343 e. The Labute approximate surface area is 113 Å². The number of carboxylic acid groups (broad SMARTS) is 1. The number of aryl methyl sites for hydroxylation is 2. The molecule has 104 valence electrons. The summed E-state index contributed by atoms with van der Waals surface area (Å²) in [6.07, 6.45) is 0. The molecule has 0 atom stereocenters. The van der Waals surface area contributed by atoms with Gasteiger partial charge in [-0.05, 0) is 13.0 Å². The SMILES string of the molecule is Cc1nn(C)c(Oc2cccc([N+](=O)[O-])c2)c1C(=O)O. The van der Waals surface area contributed by atoms with E-state index in [0.717, 1.165) is 0 Å². The molecule has 0 spiro atoms. The Bertz CT molecular complexity index is 692. The Morgan fingerprint density at radius 2 is 2.20 bits per heavy atom. The predicted molar refractivity (Wildman–Crippen MR) is 68.1 cm³/mol. The van der Waals surface area contributed by atoms with Gasteiger partial charge in [-0.1, -0.05) is 6.07 Å². The molecule has 8 heteroatoms. The molecule has 0 saturated carbocycles. The minimum absolute atomic E-state index is 0.0236. The lowest BCUT2D eigenvalue weighted by Crippen LogP contribution is -2.02. The fourth-order valence-electron chi connectivity index (χ4n) is 1.77. The average Bonchev–Trinajstić information content (AvgIpc) is 2.64. The summed E-state index contributed by atoms with van der Waals surface area (Å²) in [5, 5.41) is 23.8. The van der Waals surface area contributed by atoms with E-state index in [1.807, 2.05) is 0 Å². The average molecular weight is 277 g/mol. The van der Waals surface area contributed by atoms with Gasteiger partial charge in [-0.3, -0.25) is 10.1 Å². The fraction of sp³-hybridized carbons (Fsp3) is 0.167. The number of aromatic nitrogens is 2. The molecule has 0 saturated heterocycles. The van der Waals surface area contributed by atoms with Crippen LogP contribution >= 0.6 is 0 Å². The van der Waals surface area contributed by atoms with E-state index in [0.29, 0.717) is 5.69 Å². The van der Waals surface area contributed by atoms with Gasteiger partial charge < -0.3 is 9.84 Å². The molecule has 1 heterocycles. The summed E-state index contributed by atoms with van der Waals surface area (Å²) in [6.45, 7) is 1.55. The molecule has 2 rings (SSSR count). The Morgan fingerprint density at radius 3 is 2.80 bits per heavy atom. The maximum absolute atomic E-state index is 11.2. The van der Waals surface area contributed by atoms with E-state index in [1.165, 1.54) is 36.0 Å². The molecule has 0 aliphatic carbocycles. The van der Waals surface area contributed by atoms with Crippen LogP contribution in [0.5, 0.6) is 11.6 Å². The van der Waals surface area contributed by atoms with E-state index in [4.69, 9.17) is 9.84 Å². The normalized spacial score (nSPS) is 10.3. The highest BCUT2D eigenvalue weighted by molar-refractivity contribution is 5.91. The lowest BCUT2D eigenvalue weighted by Gasteiger charge is -2.06. The molecular formula is C12H11N3O5. The molecule has 8 nitrogen and oxygen atoms in total. The van der Waals surface area contributed by atoms with Crippen LogP contribution in [0.2, 0.25) is 0 Å². The first-order chi connectivity index (χ1) is 9.40. The number of hydrogen-bond acceptors (Lipinski definition) is 5. The highest BCUT2D eigenvalue weighted by Crippen LogP contribution is 2.29. The summed E-state index contributed by atoms with van der Waals surface area (Å²) >= 11 is 0. The molecule has 1 N–H and O–H groups in total. The number of benzene rings is 1. The van der Waals surface area contributed by atoms with Crippen molar-refractivity contribution >= 4 is 11.7 Å². The molecule has 0 bridgehead atoms. The largest absolute Gasteiger partial charge is 0.477 e. The quantitative estimate of drug-likeness (QED) is 0.677. The first-order valence-corrected chi connectivity index (χ1v) is 5.59. The number of ether oxygens (including phenoxy) is 1. The zero-order chi connectivity index (χ0) is 14.9. The van der Waals surface area contributed by atoms with E-state index >= 15 is 0 Å². The Balaban J connectivity index is 2.42. The minimum Gasteiger partial charge on any atom is -0.477 e. The van der Waals surface area contributed by atoms with E-state index in [2.05, 4.69) is 5.10 Å². The first-order valence-electron chi connectivity index (χ1n) is 5.59. The monoisotopic (exact) mass is 277 g/mol. The fourth-order valence-corrected chi connectivity index (χ4v) is 1.77. The molecular weight excluding hydrogens is 266 g/mol. The topological polar surface area (TPSA) is 107 Å². The zero-order valence-electron chi connectivity index (χ0n) is 10.7. The Hall–Kier alpha value is -2.90. The van der Waals surface area contributed by atoms with Gasteiger partial charge in [-0.25, -0.2) is 9.48 Å². The maximum atomic E-state index is 11.2. The minimum atomic E-state index is -1.17.